The quantitative estimate of drug-likeness (QED) is 0.421. The summed E-state index contributed by atoms with van der Waals surface area (Å²) in [6, 6.07) is 0. The lowest BCUT2D eigenvalue weighted by molar-refractivity contribution is 1.24. The van der Waals surface area contributed by atoms with Gasteiger partial charge in [-0.2, -0.15) is 0 Å². The lowest BCUT2D eigenvalue weighted by atomic mass is 10.3. The summed E-state index contributed by atoms with van der Waals surface area (Å²) in [7, 11) is 1.47. The zero-order valence-electron chi connectivity index (χ0n) is 4.68. The normalized spacial score (nSPS) is 30.6. The molecule has 1 aliphatic rings. The topological polar surface area (TPSA) is 0 Å². The molecule has 0 saturated heterocycles. The fraction of sp³-hybridized carbons (Fsp3) is 0.500. The van der Waals surface area contributed by atoms with Crippen LogP contribution < -0.4 is 0 Å². The minimum Gasteiger partial charge on any atom is -0.0969 e. The summed E-state index contributed by atoms with van der Waals surface area (Å²) in [5.74, 6) is 2.25. The third-order valence-electron chi connectivity index (χ3n) is 1.02. The molecule has 0 aromatic rings. The van der Waals surface area contributed by atoms with Crippen LogP contribution in [0.25, 0.3) is 0 Å². The Kier molecular flexibility index (Phi) is 1.30. The smallest absolute Gasteiger partial charge is 0.0166 e. The molecular weight excluding hydrogens is 103 g/mol. The van der Waals surface area contributed by atoms with Gasteiger partial charge in [0.2, 0.25) is 0 Å². The second kappa shape index (κ2) is 1.79. The summed E-state index contributed by atoms with van der Waals surface area (Å²) in [6.45, 7) is 4.38. The highest BCUT2D eigenvalue weighted by atomic mass is 31.1. The van der Waals surface area contributed by atoms with Crippen LogP contribution in [0.1, 0.15) is 13.8 Å². The van der Waals surface area contributed by atoms with E-state index in [1.165, 1.54) is 13.8 Å². The largest absolute Gasteiger partial charge is 0.0969 e. The number of hydrogen-bond acceptors (Lipinski definition) is 0. The van der Waals surface area contributed by atoms with Crippen LogP contribution in [0.3, 0.4) is 0 Å². The Morgan fingerprint density at radius 2 is 2.43 bits per heavy atom. The molecule has 1 unspecified atom stereocenters. The summed E-state index contributed by atoms with van der Waals surface area (Å²) < 4.78 is 0. The molecule has 38 valence electrons. The first kappa shape index (κ1) is 5.05. The highest BCUT2D eigenvalue weighted by Gasteiger charge is 1.97. The average Bonchev–Trinajstić information content (AvgIpc) is 1.87. The van der Waals surface area contributed by atoms with Crippen molar-refractivity contribution in [3.05, 3.63) is 11.6 Å². The molecule has 1 aliphatic heterocycles. The highest BCUT2D eigenvalue weighted by Crippen LogP contribution is 2.17. The van der Waals surface area contributed by atoms with Crippen LogP contribution in [0.5, 0.6) is 0 Å². The van der Waals surface area contributed by atoms with E-state index in [9.17, 15) is 0 Å². The first-order chi connectivity index (χ1) is 3.29. The maximum Gasteiger partial charge on any atom is 0.0166 e. The number of allylic oxidation sites excluding steroid dienone is 2. The molecule has 0 fully saturated rings. The third kappa shape index (κ3) is 1.14. The summed E-state index contributed by atoms with van der Waals surface area (Å²) in [5, 5.41) is 0. The molecule has 1 rings (SSSR count). The van der Waals surface area contributed by atoms with Gasteiger partial charge in [-0.15, -0.1) is 0 Å². The van der Waals surface area contributed by atoms with Crippen molar-refractivity contribution in [2.24, 2.45) is 0 Å². The van der Waals surface area contributed by atoms with Crippen molar-refractivity contribution in [3.63, 3.8) is 0 Å². The van der Waals surface area contributed by atoms with Crippen LogP contribution in [0.15, 0.2) is 11.6 Å². The molecule has 0 spiro atoms. The van der Waals surface area contributed by atoms with Crippen LogP contribution in [0, 0.1) is 0 Å². The molecule has 0 aromatic heterocycles. The summed E-state index contributed by atoms with van der Waals surface area (Å²) in [6.07, 6.45) is 2.29. The summed E-state index contributed by atoms with van der Waals surface area (Å²) >= 11 is 0. The van der Waals surface area contributed by atoms with E-state index >= 15 is 0 Å². The van der Waals surface area contributed by atoms with Crippen molar-refractivity contribution in [3.8, 4) is 0 Å². The SMILES string of the molecule is CC1=CC(C)P=C1. The van der Waals surface area contributed by atoms with E-state index in [0.717, 1.165) is 5.66 Å². The molecule has 0 aromatic carbocycles. The van der Waals surface area contributed by atoms with Gasteiger partial charge in [0.05, 0.1) is 0 Å². The van der Waals surface area contributed by atoms with Crippen molar-refractivity contribution in [2.45, 2.75) is 19.5 Å². The van der Waals surface area contributed by atoms with Crippen LogP contribution >= 0.6 is 8.20 Å². The third-order valence-corrected chi connectivity index (χ3v) is 2.19. The van der Waals surface area contributed by atoms with Crippen molar-refractivity contribution in [2.75, 3.05) is 0 Å². The standard InChI is InChI=1S/C6H9P/c1-5-3-6(2)7-4-5/h3-4,6H,1-2H3. The fourth-order valence-electron chi connectivity index (χ4n) is 0.702. The zero-order valence-corrected chi connectivity index (χ0v) is 5.57. The maximum absolute atomic E-state index is 2.29. The molecule has 0 nitrogen and oxygen atoms in total. The van der Waals surface area contributed by atoms with Gasteiger partial charge in [0.1, 0.15) is 0 Å². The molecule has 0 aliphatic carbocycles. The van der Waals surface area contributed by atoms with E-state index in [1.807, 2.05) is 0 Å². The minimum absolute atomic E-state index is 0.778. The van der Waals surface area contributed by atoms with Gasteiger partial charge < -0.3 is 0 Å². The van der Waals surface area contributed by atoms with E-state index in [4.69, 9.17) is 0 Å². The lowest BCUT2D eigenvalue weighted by Gasteiger charge is -1.84. The van der Waals surface area contributed by atoms with Gasteiger partial charge >= 0.3 is 0 Å². The Morgan fingerprint density at radius 3 is 2.57 bits per heavy atom. The molecule has 1 heteroatoms. The van der Waals surface area contributed by atoms with Crippen LogP contribution in [0.4, 0.5) is 0 Å². The van der Waals surface area contributed by atoms with Gasteiger partial charge in [0.15, 0.2) is 0 Å². The monoisotopic (exact) mass is 112 g/mol. The van der Waals surface area contributed by atoms with E-state index in [2.05, 4.69) is 25.7 Å². The van der Waals surface area contributed by atoms with Crippen molar-refractivity contribution in [1.82, 2.24) is 0 Å². The van der Waals surface area contributed by atoms with Crippen LogP contribution in [0.2, 0.25) is 0 Å². The Balaban J connectivity index is 2.69. The van der Waals surface area contributed by atoms with Crippen molar-refractivity contribution < 1.29 is 0 Å². The zero-order chi connectivity index (χ0) is 5.28. The summed E-state index contributed by atoms with van der Waals surface area (Å²) in [4.78, 5) is 0. The molecule has 7 heavy (non-hydrogen) atoms. The average molecular weight is 112 g/mol. The lowest BCUT2D eigenvalue weighted by Crippen LogP contribution is -1.76. The predicted octanol–water partition coefficient (Wildman–Crippen LogP) is 2.08. The van der Waals surface area contributed by atoms with Gasteiger partial charge in [-0.3, -0.25) is 0 Å². The van der Waals surface area contributed by atoms with Crippen LogP contribution in [-0.2, 0) is 0 Å². The van der Waals surface area contributed by atoms with Gasteiger partial charge in [-0.1, -0.05) is 21.2 Å². The Hall–Kier alpha value is -0.0900. The molecule has 0 amide bonds. The fourth-order valence-corrected chi connectivity index (χ4v) is 1.58. The molecule has 1 atom stereocenters. The second-order valence-electron chi connectivity index (χ2n) is 1.93. The maximum atomic E-state index is 2.29. The van der Waals surface area contributed by atoms with Crippen LogP contribution in [-0.4, -0.2) is 11.5 Å². The Morgan fingerprint density at radius 1 is 1.71 bits per heavy atom. The van der Waals surface area contributed by atoms with Gasteiger partial charge in [-0.25, -0.2) is 0 Å². The first-order valence-corrected chi connectivity index (χ1v) is 3.54. The minimum atomic E-state index is 0.778. The van der Waals surface area contributed by atoms with E-state index in [1.54, 1.807) is 0 Å². The molecule has 0 bridgehead atoms. The molecule has 0 N–H and O–H groups in total. The molecular formula is C6H9P. The van der Waals surface area contributed by atoms with Gasteiger partial charge in [0.25, 0.3) is 0 Å². The molecule has 0 radical (unpaired) electrons. The number of hydrogen-bond donors (Lipinski definition) is 0. The second-order valence-corrected chi connectivity index (χ2v) is 3.30. The Bertz CT molecular complexity index is 122. The first-order valence-electron chi connectivity index (χ1n) is 2.50. The van der Waals surface area contributed by atoms with E-state index < -0.39 is 0 Å². The summed E-state index contributed by atoms with van der Waals surface area (Å²) in [5.41, 5.74) is 2.22. The molecule has 0 saturated carbocycles. The molecule has 1 heterocycles. The van der Waals surface area contributed by atoms with Gasteiger partial charge in [-0.05, 0) is 18.3 Å². The van der Waals surface area contributed by atoms with Crippen molar-refractivity contribution in [1.29, 1.82) is 0 Å². The predicted molar refractivity (Wildman–Crippen MR) is 36.2 cm³/mol. The van der Waals surface area contributed by atoms with Gasteiger partial charge in [0, 0.05) is 5.66 Å². The van der Waals surface area contributed by atoms with Crippen molar-refractivity contribution >= 4 is 14.0 Å². The van der Waals surface area contributed by atoms with E-state index in [-0.39, 0.29) is 0 Å². The highest BCUT2D eigenvalue weighted by molar-refractivity contribution is 7.40. The Labute approximate surface area is 46.0 Å². The number of rotatable bonds is 0. The van der Waals surface area contributed by atoms with E-state index in [0.29, 0.717) is 0 Å².